The first-order valence-electron chi connectivity index (χ1n) is 3.93. The Morgan fingerprint density at radius 1 is 1.25 bits per heavy atom. The van der Waals surface area contributed by atoms with E-state index in [2.05, 4.69) is 0 Å². The lowest BCUT2D eigenvalue weighted by atomic mass is 10.1. The molecule has 0 atom stereocenters. The smallest absolute Gasteiger partial charge is 0.143 e. The summed E-state index contributed by atoms with van der Waals surface area (Å²) in [6.07, 6.45) is 2.39. The zero-order chi connectivity index (χ0) is 8.97. The monoisotopic (exact) mass is 160 g/mol. The summed E-state index contributed by atoms with van der Waals surface area (Å²) in [4.78, 5) is 10.2. The zero-order valence-electron chi connectivity index (χ0n) is 7.37. The van der Waals surface area contributed by atoms with Crippen LogP contribution < -0.4 is 0 Å². The standard InChI is InChI=1S/C11H12O/c1-9-3-5-11(6-4-9)10(2)7-8-12/h3-8H,1-2H3/b10-7-. The Morgan fingerprint density at radius 2 is 1.83 bits per heavy atom. The highest BCUT2D eigenvalue weighted by molar-refractivity contribution is 5.80. The number of aldehydes is 1. The van der Waals surface area contributed by atoms with E-state index in [0.29, 0.717) is 0 Å². The number of benzene rings is 1. The maximum atomic E-state index is 10.2. The second-order valence-corrected chi connectivity index (χ2v) is 2.85. The Morgan fingerprint density at radius 3 is 2.33 bits per heavy atom. The fourth-order valence-electron chi connectivity index (χ4n) is 1.01. The lowest BCUT2D eigenvalue weighted by Gasteiger charge is -1.99. The Bertz CT molecular complexity index is 293. The van der Waals surface area contributed by atoms with Gasteiger partial charge in [0, 0.05) is 0 Å². The fourth-order valence-corrected chi connectivity index (χ4v) is 1.01. The van der Waals surface area contributed by atoms with Gasteiger partial charge in [-0.2, -0.15) is 0 Å². The third-order valence-electron chi connectivity index (χ3n) is 1.82. The summed E-state index contributed by atoms with van der Waals surface area (Å²) in [6, 6.07) is 8.12. The first-order valence-corrected chi connectivity index (χ1v) is 3.93. The average molecular weight is 160 g/mol. The number of rotatable bonds is 2. The molecule has 0 bridgehead atoms. The molecule has 0 fully saturated rings. The maximum absolute atomic E-state index is 10.2. The van der Waals surface area contributed by atoms with Crippen molar-refractivity contribution in [1.82, 2.24) is 0 Å². The first-order chi connectivity index (χ1) is 5.74. The molecule has 0 aromatic heterocycles. The van der Waals surface area contributed by atoms with Gasteiger partial charge in [0.15, 0.2) is 0 Å². The van der Waals surface area contributed by atoms with Crippen LogP contribution in [0.1, 0.15) is 18.1 Å². The van der Waals surface area contributed by atoms with Crippen molar-refractivity contribution in [3.8, 4) is 0 Å². The third-order valence-corrected chi connectivity index (χ3v) is 1.82. The van der Waals surface area contributed by atoms with Crippen LogP contribution >= 0.6 is 0 Å². The van der Waals surface area contributed by atoms with Crippen molar-refractivity contribution >= 4 is 11.9 Å². The maximum Gasteiger partial charge on any atom is 0.143 e. The highest BCUT2D eigenvalue weighted by Gasteiger charge is 1.92. The third kappa shape index (κ3) is 2.06. The quantitative estimate of drug-likeness (QED) is 0.480. The van der Waals surface area contributed by atoms with Gasteiger partial charge in [0.05, 0.1) is 0 Å². The Hall–Kier alpha value is -1.37. The molecule has 0 aliphatic heterocycles. The van der Waals surface area contributed by atoms with Crippen LogP contribution in [0.2, 0.25) is 0 Å². The molecule has 1 rings (SSSR count). The van der Waals surface area contributed by atoms with Crippen molar-refractivity contribution < 1.29 is 4.79 Å². The summed E-state index contributed by atoms with van der Waals surface area (Å²) in [5.74, 6) is 0. The number of carbonyl (C=O) groups is 1. The van der Waals surface area contributed by atoms with Crippen molar-refractivity contribution in [2.24, 2.45) is 0 Å². The zero-order valence-corrected chi connectivity index (χ0v) is 7.37. The topological polar surface area (TPSA) is 17.1 Å². The molecular formula is C11H12O. The van der Waals surface area contributed by atoms with Crippen LogP contribution in [0.4, 0.5) is 0 Å². The van der Waals surface area contributed by atoms with Crippen LogP contribution in [0, 0.1) is 6.92 Å². The molecule has 0 aliphatic rings. The van der Waals surface area contributed by atoms with E-state index in [1.54, 1.807) is 6.08 Å². The Balaban J connectivity index is 2.97. The van der Waals surface area contributed by atoms with E-state index in [-0.39, 0.29) is 0 Å². The number of hydrogen-bond acceptors (Lipinski definition) is 1. The number of allylic oxidation sites excluding steroid dienone is 2. The highest BCUT2D eigenvalue weighted by Crippen LogP contribution is 2.12. The van der Waals surface area contributed by atoms with E-state index in [4.69, 9.17) is 0 Å². The highest BCUT2D eigenvalue weighted by atomic mass is 16.1. The lowest BCUT2D eigenvalue weighted by molar-refractivity contribution is -0.104. The van der Waals surface area contributed by atoms with Gasteiger partial charge in [0.1, 0.15) is 6.29 Å². The molecule has 0 radical (unpaired) electrons. The van der Waals surface area contributed by atoms with E-state index in [1.807, 2.05) is 38.1 Å². The van der Waals surface area contributed by atoms with Gasteiger partial charge in [0.25, 0.3) is 0 Å². The summed E-state index contributed by atoms with van der Waals surface area (Å²) in [7, 11) is 0. The lowest BCUT2D eigenvalue weighted by Crippen LogP contribution is -1.80. The van der Waals surface area contributed by atoms with Crippen LogP contribution in [0.3, 0.4) is 0 Å². The van der Waals surface area contributed by atoms with E-state index < -0.39 is 0 Å². The molecule has 1 aromatic rings. The van der Waals surface area contributed by atoms with Crippen molar-refractivity contribution in [2.45, 2.75) is 13.8 Å². The predicted molar refractivity (Wildman–Crippen MR) is 50.9 cm³/mol. The molecule has 0 spiro atoms. The van der Waals surface area contributed by atoms with Gasteiger partial charge in [-0.15, -0.1) is 0 Å². The largest absolute Gasteiger partial charge is 0.299 e. The van der Waals surface area contributed by atoms with Crippen LogP contribution in [-0.2, 0) is 4.79 Å². The second kappa shape index (κ2) is 3.86. The van der Waals surface area contributed by atoms with Gasteiger partial charge >= 0.3 is 0 Å². The minimum atomic E-state index is 0.815. The second-order valence-electron chi connectivity index (χ2n) is 2.85. The normalized spacial score (nSPS) is 11.3. The number of aryl methyl sites for hydroxylation is 1. The average Bonchev–Trinajstić information content (AvgIpc) is 2.06. The molecule has 1 heteroatoms. The van der Waals surface area contributed by atoms with E-state index in [9.17, 15) is 4.79 Å². The number of carbonyl (C=O) groups excluding carboxylic acids is 1. The van der Waals surface area contributed by atoms with Crippen LogP contribution in [0.25, 0.3) is 5.57 Å². The van der Waals surface area contributed by atoms with Crippen molar-refractivity contribution in [1.29, 1.82) is 0 Å². The van der Waals surface area contributed by atoms with Gasteiger partial charge in [-0.25, -0.2) is 0 Å². The molecule has 0 saturated heterocycles. The summed E-state index contributed by atoms with van der Waals surface area (Å²) >= 11 is 0. The van der Waals surface area contributed by atoms with Gasteiger partial charge in [0.2, 0.25) is 0 Å². The Kier molecular flexibility index (Phi) is 2.81. The molecule has 0 unspecified atom stereocenters. The molecule has 62 valence electrons. The molecule has 0 heterocycles. The molecule has 12 heavy (non-hydrogen) atoms. The molecule has 1 nitrogen and oxygen atoms in total. The fraction of sp³-hybridized carbons (Fsp3) is 0.182. The van der Waals surface area contributed by atoms with Gasteiger partial charge < -0.3 is 0 Å². The van der Waals surface area contributed by atoms with E-state index in [1.165, 1.54) is 5.56 Å². The summed E-state index contributed by atoms with van der Waals surface area (Å²) in [6.45, 7) is 3.97. The molecule has 0 N–H and O–H groups in total. The molecule has 0 saturated carbocycles. The molecule has 1 aromatic carbocycles. The molecular weight excluding hydrogens is 148 g/mol. The van der Waals surface area contributed by atoms with Crippen molar-refractivity contribution in [3.05, 3.63) is 41.5 Å². The summed E-state index contributed by atoms with van der Waals surface area (Å²) in [5.41, 5.74) is 3.34. The van der Waals surface area contributed by atoms with E-state index in [0.717, 1.165) is 17.4 Å². The van der Waals surface area contributed by atoms with Crippen molar-refractivity contribution in [2.75, 3.05) is 0 Å². The van der Waals surface area contributed by atoms with Gasteiger partial charge in [-0.1, -0.05) is 29.8 Å². The summed E-state index contributed by atoms with van der Waals surface area (Å²) < 4.78 is 0. The van der Waals surface area contributed by atoms with E-state index >= 15 is 0 Å². The molecule has 0 amide bonds. The van der Waals surface area contributed by atoms with Crippen LogP contribution in [-0.4, -0.2) is 6.29 Å². The molecule has 0 aliphatic carbocycles. The minimum Gasteiger partial charge on any atom is -0.299 e. The van der Waals surface area contributed by atoms with Gasteiger partial charge in [-0.3, -0.25) is 4.79 Å². The van der Waals surface area contributed by atoms with Gasteiger partial charge in [-0.05, 0) is 31.1 Å². The first kappa shape index (κ1) is 8.72. The number of hydrogen-bond donors (Lipinski definition) is 0. The SMILES string of the molecule is C/C(=C/C=O)c1ccc(C)cc1. The minimum absolute atomic E-state index is 0.815. The Labute approximate surface area is 72.7 Å². The van der Waals surface area contributed by atoms with Crippen LogP contribution in [0.15, 0.2) is 30.3 Å². The van der Waals surface area contributed by atoms with Crippen molar-refractivity contribution in [3.63, 3.8) is 0 Å². The predicted octanol–water partition coefficient (Wildman–Crippen LogP) is 2.60. The summed E-state index contributed by atoms with van der Waals surface area (Å²) in [5, 5.41) is 0. The van der Waals surface area contributed by atoms with Crippen LogP contribution in [0.5, 0.6) is 0 Å².